The smallest absolute Gasteiger partial charge is 0.242 e. The largest absolute Gasteiger partial charge is 0.352 e. The maximum atomic E-state index is 13.8. The van der Waals surface area contributed by atoms with E-state index in [1.807, 2.05) is 13.8 Å². The molecule has 0 aromatic heterocycles. The number of thioether (sulfide) groups is 1. The molecule has 0 aliphatic carbocycles. The molecule has 0 heterocycles. The zero-order valence-electron chi connectivity index (χ0n) is 17.5. The van der Waals surface area contributed by atoms with Gasteiger partial charge in [-0.25, -0.2) is 8.78 Å². The summed E-state index contributed by atoms with van der Waals surface area (Å²) in [6, 6.07) is 11.6. The molecule has 0 fully saturated rings. The fraction of sp³-hybridized carbons (Fsp3) is 0.391. The highest BCUT2D eigenvalue weighted by atomic mass is 32.2. The van der Waals surface area contributed by atoms with E-state index in [1.165, 1.54) is 34.9 Å². The molecule has 2 aromatic rings. The Morgan fingerprint density at radius 2 is 1.73 bits per heavy atom. The van der Waals surface area contributed by atoms with Crippen LogP contribution in [0, 0.1) is 11.6 Å². The van der Waals surface area contributed by atoms with Gasteiger partial charge in [0.15, 0.2) is 0 Å². The number of nitrogens with zero attached hydrogens (tertiary/aromatic N) is 1. The zero-order valence-corrected chi connectivity index (χ0v) is 18.3. The Hall–Kier alpha value is -2.41. The molecule has 2 rings (SSSR count). The molecule has 1 N–H and O–H groups in total. The molecule has 2 amide bonds. The van der Waals surface area contributed by atoms with Crippen LogP contribution in [-0.4, -0.2) is 34.6 Å². The van der Waals surface area contributed by atoms with Crippen molar-refractivity contribution in [2.75, 3.05) is 5.75 Å². The quantitative estimate of drug-likeness (QED) is 0.598. The van der Waals surface area contributed by atoms with Crippen molar-refractivity contribution in [1.82, 2.24) is 10.2 Å². The molecule has 4 nitrogen and oxygen atoms in total. The monoisotopic (exact) mass is 434 g/mol. The summed E-state index contributed by atoms with van der Waals surface area (Å²) in [4.78, 5) is 27.1. The van der Waals surface area contributed by atoms with Crippen LogP contribution in [-0.2, 0) is 21.9 Å². The van der Waals surface area contributed by atoms with Gasteiger partial charge in [-0.1, -0.05) is 37.3 Å². The van der Waals surface area contributed by atoms with Crippen LogP contribution in [0.25, 0.3) is 0 Å². The Morgan fingerprint density at radius 1 is 1.07 bits per heavy atom. The predicted octanol–water partition coefficient (Wildman–Crippen LogP) is 4.53. The van der Waals surface area contributed by atoms with Gasteiger partial charge < -0.3 is 10.2 Å². The second-order valence-electron chi connectivity index (χ2n) is 7.23. The van der Waals surface area contributed by atoms with Gasteiger partial charge in [0.2, 0.25) is 11.8 Å². The summed E-state index contributed by atoms with van der Waals surface area (Å²) in [5.74, 6) is -0.667. The predicted molar refractivity (Wildman–Crippen MR) is 117 cm³/mol. The van der Waals surface area contributed by atoms with Crippen LogP contribution < -0.4 is 5.32 Å². The summed E-state index contributed by atoms with van der Waals surface area (Å²) in [5, 5.41) is 2.90. The third kappa shape index (κ3) is 7.13. The molecule has 0 aliphatic rings. The minimum Gasteiger partial charge on any atom is -0.352 e. The van der Waals surface area contributed by atoms with E-state index in [4.69, 9.17) is 0 Å². The first-order valence-electron chi connectivity index (χ1n) is 9.97. The summed E-state index contributed by atoms with van der Waals surface area (Å²) in [5.41, 5.74) is 1.26. The highest BCUT2D eigenvalue weighted by Gasteiger charge is 2.26. The van der Waals surface area contributed by atoms with Crippen LogP contribution in [0.4, 0.5) is 8.78 Å². The molecular weight excluding hydrogens is 406 g/mol. The first kappa shape index (κ1) is 23.9. The molecule has 0 unspecified atom stereocenters. The van der Waals surface area contributed by atoms with Gasteiger partial charge in [0.25, 0.3) is 0 Å². The van der Waals surface area contributed by atoms with Crippen molar-refractivity contribution in [3.63, 3.8) is 0 Å². The van der Waals surface area contributed by atoms with Crippen molar-refractivity contribution in [2.45, 2.75) is 51.6 Å². The van der Waals surface area contributed by atoms with E-state index in [0.29, 0.717) is 11.3 Å². The van der Waals surface area contributed by atoms with Gasteiger partial charge >= 0.3 is 0 Å². The van der Waals surface area contributed by atoms with Crippen molar-refractivity contribution in [3.8, 4) is 0 Å². The lowest BCUT2D eigenvalue weighted by Gasteiger charge is -2.29. The van der Waals surface area contributed by atoms with Crippen molar-refractivity contribution in [2.24, 2.45) is 0 Å². The number of nitrogens with one attached hydrogen (secondary N) is 1. The topological polar surface area (TPSA) is 49.4 Å². The minimum absolute atomic E-state index is 0.00171. The Kier molecular flexibility index (Phi) is 9.30. The van der Waals surface area contributed by atoms with E-state index in [9.17, 15) is 18.4 Å². The second kappa shape index (κ2) is 11.7. The summed E-state index contributed by atoms with van der Waals surface area (Å²) in [6.07, 6.45) is 0.781. The van der Waals surface area contributed by atoms with E-state index in [-0.39, 0.29) is 41.8 Å². The van der Waals surface area contributed by atoms with Crippen molar-refractivity contribution < 1.29 is 18.4 Å². The normalized spacial score (nSPS) is 12.8. The van der Waals surface area contributed by atoms with E-state index in [0.717, 1.165) is 12.0 Å². The first-order valence-corrected chi connectivity index (χ1v) is 11.1. The number of benzene rings is 2. The lowest BCUT2D eigenvalue weighted by Crippen LogP contribution is -2.50. The van der Waals surface area contributed by atoms with Gasteiger partial charge in [0.1, 0.15) is 17.7 Å². The van der Waals surface area contributed by atoms with Crippen LogP contribution in [0.3, 0.4) is 0 Å². The van der Waals surface area contributed by atoms with Crippen LogP contribution in [0.2, 0.25) is 0 Å². The molecule has 0 aliphatic heterocycles. The SMILES string of the molecule is CC[C@H](C)NC(=O)[C@@H](C)N(Cc1ccc(F)cc1)C(=O)CSCc1ccccc1F. The summed E-state index contributed by atoms with van der Waals surface area (Å²) in [6.45, 7) is 5.74. The molecule has 0 spiro atoms. The second-order valence-corrected chi connectivity index (χ2v) is 8.21. The number of hydrogen-bond acceptors (Lipinski definition) is 3. The van der Waals surface area contributed by atoms with E-state index in [2.05, 4.69) is 5.32 Å². The van der Waals surface area contributed by atoms with Gasteiger partial charge in [0.05, 0.1) is 5.75 Å². The van der Waals surface area contributed by atoms with Gasteiger partial charge in [-0.3, -0.25) is 9.59 Å². The molecule has 2 atom stereocenters. The van der Waals surface area contributed by atoms with Crippen molar-refractivity contribution in [1.29, 1.82) is 0 Å². The third-order valence-corrected chi connectivity index (χ3v) is 5.84. The number of rotatable bonds is 10. The van der Waals surface area contributed by atoms with Crippen LogP contribution in [0.5, 0.6) is 0 Å². The molecule has 30 heavy (non-hydrogen) atoms. The van der Waals surface area contributed by atoms with Crippen molar-refractivity contribution >= 4 is 23.6 Å². The molecule has 0 radical (unpaired) electrons. The average molecular weight is 435 g/mol. The Bertz CT molecular complexity index is 845. The van der Waals surface area contributed by atoms with Crippen LogP contribution in [0.1, 0.15) is 38.3 Å². The van der Waals surface area contributed by atoms with Crippen LogP contribution >= 0.6 is 11.8 Å². The molecule has 7 heteroatoms. The summed E-state index contributed by atoms with van der Waals surface area (Å²) >= 11 is 1.29. The third-order valence-electron chi connectivity index (χ3n) is 4.88. The van der Waals surface area contributed by atoms with Crippen LogP contribution in [0.15, 0.2) is 48.5 Å². The maximum Gasteiger partial charge on any atom is 0.242 e. The summed E-state index contributed by atoms with van der Waals surface area (Å²) < 4.78 is 27.0. The Labute approximate surface area is 181 Å². The fourth-order valence-corrected chi connectivity index (χ4v) is 3.68. The van der Waals surface area contributed by atoms with Gasteiger partial charge in [-0.15, -0.1) is 11.8 Å². The highest BCUT2D eigenvalue weighted by molar-refractivity contribution is 7.99. The van der Waals surface area contributed by atoms with E-state index < -0.39 is 6.04 Å². The molecule has 162 valence electrons. The lowest BCUT2D eigenvalue weighted by molar-refractivity contribution is -0.138. The zero-order chi connectivity index (χ0) is 22.1. The number of amides is 2. The Balaban J connectivity index is 2.08. The maximum absolute atomic E-state index is 13.8. The van der Waals surface area contributed by atoms with E-state index in [1.54, 1.807) is 37.3 Å². The Morgan fingerprint density at radius 3 is 2.37 bits per heavy atom. The molecule has 2 aromatic carbocycles. The number of halogens is 2. The van der Waals surface area contributed by atoms with Gasteiger partial charge in [-0.2, -0.15) is 0 Å². The molecule has 0 bridgehead atoms. The number of carbonyl (C=O) groups excluding carboxylic acids is 2. The van der Waals surface area contributed by atoms with E-state index >= 15 is 0 Å². The average Bonchev–Trinajstić information content (AvgIpc) is 2.73. The minimum atomic E-state index is -0.689. The summed E-state index contributed by atoms with van der Waals surface area (Å²) in [7, 11) is 0. The molecular formula is C23H28F2N2O2S. The molecule has 0 saturated carbocycles. The lowest BCUT2D eigenvalue weighted by atomic mass is 10.1. The highest BCUT2D eigenvalue weighted by Crippen LogP contribution is 2.18. The number of carbonyl (C=O) groups is 2. The standard InChI is InChI=1S/C23H28F2N2O2S/c1-4-16(2)26-23(29)17(3)27(13-18-9-11-20(24)12-10-18)22(28)15-30-14-19-7-5-6-8-21(19)25/h5-12,16-17H,4,13-15H2,1-3H3,(H,26,29)/t16-,17+/m0/s1. The van der Waals surface area contributed by atoms with Crippen molar-refractivity contribution in [3.05, 3.63) is 71.3 Å². The van der Waals surface area contributed by atoms with Gasteiger partial charge in [-0.05, 0) is 49.6 Å². The molecule has 0 saturated heterocycles. The first-order chi connectivity index (χ1) is 14.3. The number of hydrogen-bond donors (Lipinski definition) is 1. The fourth-order valence-electron chi connectivity index (χ4n) is 2.78. The van der Waals surface area contributed by atoms with Gasteiger partial charge in [0, 0.05) is 18.3 Å².